The van der Waals surface area contributed by atoms with E-state index in [0.717, 1.165) is 29.7 Å². The van der Waals surface area contributed by atoms with Crippen molar-refractivity contribution in [2.24, 2.45) is 5.92 Å². The highest BCUT2D eigenvalue weighted by Crippen LogP contribution is 2.42. The van der Waals surface area contributed by atoms with Crippen molar-refractivity contribution in [3.05, 3.63) is 42.5 Å². The van der Waals surface area contributed by atoms with Crippen LogP contribution in [-0.4, -0.2) is 38.6 Å². The molecule has 0 radical (unpaired) electrons. The van der Waals surface area contributed by atoms with Crippen molar-refractivity contribution < 1.29 is 18.0 Å². The molecule has 0 spiro atoms. The van der Waals surface area contributed by atoms with Crippen LogP contribution in [0.15, 0.2) is 47.4 Å². The highest BCUT2D eigenvalue weighted by Gasteiger charge is 2.39. The number of amides is 2. The van der Waals surface area contributed by atoms with Crippen molar-refractivity contribution in [2.45, 2.75) is 44.6 Å². The van der Waals surface area contributed by atoms with Gasteiger partial charge in [0.15, 0.2) is 9.84 Å². The molecule has 2 aromatic rings. The molecule has 2 aliphatic rings. The fourth-order valence-corrected chi connectivity index (χ4v) is 5.01. The highest BCUT2D eigenvalue weighted by atomic mass is 32.2. The predicted molar refractivity (Wildman–Crippen MR) is 117 cm³/mol. The van der Waals surface area contributed by atoms with Crippen LogP contribution < -0.4 is 9.80 Å². The number of nitrogens with zero attached hydrogens (tertiary/aromatic N) is 2. The summed E-state index contributed by atoms with van der Waals surface area (Å²) >= 11 is 0. The number of carbonyl (C=O) groups excluding carboxylic acids is 2. The molecule has 1 aliphatic heterocycles. The molecule has 0 bridgehead atoms. The van der Waals surface area contributed by atoms with Crippen molar-refractivity contribution in [3.63, 3.8) is 0 Å². The Bertz CT molecular complexity index is 1120. The maximum Gasteiger partial charge on any atom is 0.230 e. The zero-order chi connectivity index (χ0) is 21.6. The van der Waals surface area contributed by atoms with E-state index in [2.05, 4.69) is 0 Å². The average Bonchev–Trinajstić information content (AvgIpc) is 3.57. The van der Waals surface area contributed by atoms with Gasteiger partial charge in [0.25, 0.3) is 0 Å². The Hall–Kier alpha value is -2.67. The van der Waals surface area contributed by atoms with E-state index < -0.39 is 9.84 Å². The van der Waals surface area contributed by atoms with E-state index >= 15 is 0 Å². The second-order valence-electron chi connectivity index (χ2n) is 8.10. The normalized spacial score (nSPS) is 18.8. The van der Waals surface area contributed by atoms with Crippen LogP contribution >= 0.6 is 0 Å². The van der Waals surface area contributed by atoms with Gasteiger partial charge in [-0.25, -0.2) is 8.42 Å². The summed E-state index contributed by atoms with van der Waals surface area (Å²) in [5.74, 6) is 0.142. The van der Waals surface area contributed by atoms with Gasteiger partial charge in [-0.05, 0) is 55.2 Å². The van der Waals surface area contributed by atoms with Crippen molar-refractivity contribution in [1.29, 1.82) is 0 Å². The third-order valence-electron chi connectivity index (χ3n) is 5.85. The molecular weight excluding hydrogens is 400 g/mol. The fraction of sp³-hybridized carbons (Fsp3) is 0.391. The summed E-state index contributed by atoms with van der Waals surface area (Å²) in [6.45, 7) is 5.56. The molecule has 1 atom stereocenters. The van der Waals surface area contributed by atoms with Crippen molar-refractivity contribution in [1.82, 2.24) is 0 Å². The maximum absolute atomic E-state index is 13.0. The average molecular weight is 427 g/mol. The number of benzene rings is 2. The lowest BCUT2D eigenvalue weighted by Crippen LogP contribution is -2.51. The number of anilines is 2. The topological polar surface area (TPSA) is 74.8 Å². The number of hydrogen-bond acceptors (Lipinski definition) is 4. The molecule has 0 unspecified atom stereocenters. The number of hydrogen-bond donors (Lipinski definition) is 0. The molecule has 0 saturated heterocycles. The van der Waals surface area contributed by atoms with Gasteiger partial charge in [0, 0.05) is 19.4 Å². The Morgan fingerprint density at radius 2 is 1.73 bits per heavy atom. The van der Waals surface area contributed by atoms with E-state index in [-0.39, 0.29) is 34.4 Å². The number of fused-ring (bicyclic) bond motifs is 1. The van der Waals surface area contributed by atoms with E-state index in [1.54, 1.807) is 34.9 Å². The Kier molecular flexibility index (Phi) is 5.18. The first-order chi connectivity index (χ1) is 14.2. The van der Waals surface area contributed by atoms with Gasteiger partial charge in [0.05, 0.1) is 28.1 Å². The number of rotatable bonds is 4. The van der Waals surface area contributed by atoms with Gasteiger partial charge in [0.1, 0.15) is 0 Å². The lowest BCUT2D eigenvalue weighted by atomic mass is 10.00. The first-order valence-corrected chi connectivity index (χ1v) is 12.0. The molecule has 0 N–H and O–H groups in total. The second kappa shape index (κ2) is 7.54. The minimum absolute atomic E-state index is 0.0375. The predicted octanol–water partition coefficient (Wildman–Crippen LogP) is 3.65. The van der Waals surface area contributed by atoms with Gasteiger partial charge >= 0.3 is 0 Å². The monoisotopic (exact) mass is 426 g/mol. The molecule has 158 valence electrons. The van der Waals surface area contributed by atoms with E-state index in [1.165, 1.54) is 6.92 Å². The molecule has 2 aromatic carbocycles. The number of sulfone groups is 1. The lowest BCUT2D eigenvalue weighted by molar-refractivity contribution is -0.120. The van der Waals surface area contributed by atoms with Crippen LogP contribution in [-0.2, 0) is 19.4 Å². The smallest absolute Gasteiger partial charge is 0.230 e. The summed E-state index contributed by atoms with van der Waals surface area (Å²) in [6, 6.07) is 12.4. The summed E-state index contributed by atoms with van der Waals surface area (Å²) in [5, 5.41) is 0. The van der Waals surface area contributed by atoms with Crippen LogP contribution in [0, 0.1) is 5.92 Å². The standard InChI is InChI=1S/C23H26N2O4S/c1-4-30(28,29)20-7-5-6-18(12-20)19-10-11-21-22(13-19)24(23(27)17-8-9-17)14-15(2)25(21)16(3)26/h5-7,10-13,15,17H,4,8-9,14H2,1-3H3/t15-/m0/s1. The molecule has 30 heavy (non-hydrogen) atoms. The Labute approximate surface area is 177 Å². The molecule has 6 nitrogen and oxygen atoms in total. The molecule has 1 fully saturated rings. The van der Waals surface area contributed by atoms with Crippen molar-refractivity contribution >= 4 is 33.0 Å². The van der Waals surface area contributed by atoms with Crippen LogP contribution in [0.25, 0.3) is 11.1 Å². The third kappa shape index (κ3) is 3.62. The molecule has 7 heteroatoms. The van der Waals surface area contributed by atoms with E-state index in [0.29, 0.717) is 12.2 Å². The van der Waals surface area contributed by atoms with E-state index in [1.807, 2.05) is 31.2 Å². The minimum atomic E-state index is -3.32. The van der Waals surface area contributed by atoms with Crippen LogP contribution in [0.1, 0.15) is 33.6 Å². The van der Waals surface area contributed by atoms with E-state index in [9.17, 15) is 18.0 Å². The molecule has 1 aliphatic carbocycles. The van der Waals surface area contributed by atoms with Gasteiger partial charge in [-0.2, -0.15) is 0 Å². The molecule has 1 heterocycles. The Morgan fingerprint density at radius 3 is 2.37 bits per heavy atom. The largest absolute Gasteiger partial charge is 0.308 e. The lowest BCUT2D eigenvalue weighted by Gasteiger charge is -2.41. The molecule has 1 saturated carbocycles. The summed E-state index contributed by atoms with van der Waals surface area (Å²) in [5.41, 5.74) is 3.01. The maximum atomic E-state index is 13.0. The molecular formula is C23H26N2O4S. The first kappa shape index (κ1) is 20.6. The summed E-state index contributed by atoms with van der Waals surface area (Å²) in [4.78, 5) is 29.1. The van der Waals surface area contributed by atoms with Crippen molar-refractivity contribution in [2.75, 3.05) is 22.1 Å². The van der Waals surface area contributed by atoms with E-state index in [4.69, 9.17) is 0 Å². The summed E-state index contributed by atoms with van der Waals surface area (Å²) < 4.78 is 24.6. The SMILES string of the molecule is CCS(=O)(=O)c1cccc(-c2ccc3c(c2)N(C(=O)C2CC2)C[C@H](C)N3C(C)=O)c1. The molecule has 2 amide bonds. The van der Waals surface area contributed by atoms with Gasteiger partial charge < -0.3 is 9.80 Å². The number of carbonyl (C=O) groups is 2. The fourth-order valence-electron chi connectivity index (χ4n) is 4.08. The highest BCUT2D eigenvalue weighted by molar-refractivity contribution is 7.91. The van der Waals surface area contributed by atoms with Crippen molar-refractivity contribution in [3.8, 4) is 11.1 Å². The molecule has 4 rings (SSSR count). The van der Waals surface area contributed by atoms with Crippen LogP contribution in [0.5, 0.6) is 0 Å². The first-order valence-electron chi connectivity index (χ1n) is 10.3. The second-order valence-corrected chi connectivity index (χ2v) is 10.4. The summed E-state index contributed by atoms with van der Waals surface area (Å²) in [7, 11) is -3.32. The summed E-state index contributed by atoms with van der Waals surface area (Å²) in [6.07, 6.45) is 1.82. The quantitative estimate of drug-likeness (QED) is 0.748. The van der Waals surface area contributed by atoms with Gasteiger partial charge in [0.2, 0.25) is 11.8 Å². The van der Waals surface area contributed by atoms with Crippen LogP contribution in [0.2, 0.25) is 0 Å². The minimum Gasteiger partial charge on any atom is -0.308 e. The van der Waals surface area contributed by atoms with Crippen LogP contribution in [0.3, 0.4) is 0 Å². The molecule has 0 aromatic heterocycles. The Balaban J connectivity index is 1.82. The Morgan fingerprint density at radius 1 is 1.03 bits per heavy atom. The zero-order valence-corrected chi connectivity index (χ0v) is 18.3. The van der Waals surface area contributed by atoms with Gasteiger partial charge in [-0.3, -0.25) is 9.59 Å². The van der Waals surface area contributed by atoms with Crippen LogP contribution in [0.4, 0.5) is 11.4 Å². The van der Waals surface area contributed by atoms with Gasteiger partial charge in [-0.1, -0.05) is 25.1 Å². The zero-order valence-electron chi connectivity index (χ0n) is 17.5. The van der Waals surface area contributed by atoms with Gasteiger partial charge in [-0.15, -0.1) is 0 Å². The third-order valence-corrected chi connectivity index (χ3v) is 7.58.